The van der Waals surface area contributed by atoms with Gasteiger partial charge in [0.05, 0.1) is 11.7 Å². The van der Waals surface area contributed by atoms with Crippen LogP contribution in [0.15, 0.2) is 35.3 Å². The molecule has 7 heteroatoms. The summed E-state index contributed by atoms with van der Waals surface area (Å²) in [7, 11) is 0. The summed E-state index contributed by atoms with van der Waals surface area (Å²) in [6.07, 6.45) is 2.59. The fourth-order valence-corrected chi connectivity index (χ4v) is 3.24. The number of nitrogens with zero attached hydrogens (tertiary/aromatic N) is 4. The summed E-state index contributed by atoms with van der Waals surface area (Å²) in [5.74, 6) is 0.447. The van der Waals surface area contributed by atoms with E-state index in [0.29, 0.717) is 16.9 Å². The maximum Gasteiger partial charge on any atom is 0.264 e. The zero-order valence-corrected chi connectivity index (χ0v) is 17.1. The van der Waals surface area contributed by atoms with Gasteiger partial charge < -0.3 is 5.32 Å². The van der Waals surface area contributed by atoms with E-state index < -0.39 is 0 Å². The van der Waals surface area contributed by atoms with Crippen LogP contribution in [0.5, 0.6) is 0 Å². The van der Waals surface area contributed by atoms with Gasteiger partial charge >= 0.3 is 0 Å². The Hall–Kier alpha value is -2.96. The number of para-hydroxylation sites is 1. The first kappa shape index (κ1) is 19.8. The number of fused-ring (bicyclic) bond motifs is 1. The van der Waals surface area contributed by atoms with Crippen LogP contribution in [-0.4, -0.2) is 25.2 Å². The highest BCUT2D eigenvalue weighted by molar-refractivity contribution is 5.91. The number of hydrogen-bond donors (Lipinski definition) is 1. The number of hydrogen-bond acceptors (Lipinski definition) is 4. The van der Waals surface area contributed by atoms with Crippen LogP contribution >= 0.6 is 0 Å². The van der Waals surface area contributed by atoms with Gasteiger partial charge in [-0.1, -0.05) is 25.1 Å². The fraction of sp³-hybridized carbons (Fsp3) is 0.429. The summed E-state index contributed by atoms with van der Waals surface area (Å²) in [6, 6.07) is 7.74. The van der Waals surface area contributed by atoms with Crippen LogP contribution in [0.1, 0.15) is 45.5 Å². The van der Waals surface area contributed by atoms with Crippen LogP contribution in [0.25, 0.3) is 11.0 Å². The van der Waals surface area contributed by atoms with Gasteiger partial charge in [-0.2, -0.15) is 5.10 Å². The molecule has 2 aromatic heterocycles. The Bertz CT molecular complexity index is 1070. The number of anilines is 1. The summed E-state index contributed by atoms with van der Waals surface area (Å²) < 4.78 is 3.30. The predicted molar refractivity (Wildman–Crippen MR) is 111 cm³/mol. The van der Waals surface area contributed by atoms with Gasteiger partial charge in [-0.3, -0.25) is 14.2 Å². The van der Waals surface area contributed by atoms with E-state index in [1.54, 1.807) is 22.4 Å². The lowest BCUT2D eigenvalue weighted by molar-refractivity contribution is -0.116. The Labute approximate surface area is 164 Å². The molecule has 3 rings (SSSR count). The van der Waals surface area contributed by atoms with Gasteiger partial charge in [0.15, 0.2) is 5.65 Å². The number of aromatic nitrogens is 4. The van der Waals surface area contributed by atoms with Crippen LogP contribution in [0.4, 0.5) is 5.69 Å². The number of benzene rings is 1. The Morgan fingerprint density at radius 3 is 2.61 bits per heavy atom. The van der Waals surface area contributed by atoms with Gasteiger partial charge in [0.25, 0.3) is 5.56 Å². The molecule has 0 unspecified atom stereocenters. The predicted octanol–water partition coefficient (Wildman–Crippen LogP) is 3.25. The van der Waals surface area contributed by atoms with E-state index in [4.69, 9.17) is 0 Å². The van der Waals surface area contributed by atoms with Crippen molar-refractivity contribution < 1.29 is 4.79 Å². The third-order valence-corrected chi connectivity index (χ3v) is 4.75. The molecule has 0 spiro atoms. The van der Waals surface area contributed by atoms with Crippen LogP contribution < -0.4 is 10.9 Å². The van der Waals surface area contributed by atoms with Gasteiger partial charge in [-0.25, -0.2) is 9.67 Å². The zero-order valence-electron chi connectivity index (χ0n) is 17.1. The third-order valence-electron chi connectivity index (χ3n) is 4.75. The lowest BCUT2D eigenvalue weighted by Gasteiger charge is -2.20. The molecule has 0 atom stereocenters. The minimum absolute atomic E-state index is 0.127. The molecular formula is C21H27N5O2. The van der Waals surface area contributed by atoms with Crippen molar-refractivity contribution in [2.75, 3.05) is 5.32 Å². The molecule has 2 heterocycles. The normalized spacial score (nSPS) is 11.8. The summed E-state index contributed by atoms with van der Waals surface area (Å²) in [5.41, 5.74) is 2.04. The minimum Gasteiger partial charge on any atom is -0.326 e. The second-order valence-corrected chi connectivity index (χ2v) is 7.89. The quantitative estimate of drug-likeness (QED) is 0.735. The maximum absolute atomic E-state index is 12.9. The summed E-state index contributed by atoms with van der Waals surface area (Å²) in [6.45, 7) is 10.1. The number of nitrogens with one attached hydrogen (secondary N) is 1. The summed E-state index contributed by atoms with van der Waals surface area (Å²) in [4.78, 5) is 29.9. The van der Waals surface area contributed by atoms with E-state index in [1.807, 2.05) is 52.0 Å². The molecule has 1 amide bonds. The fourth-order valence-electron chi connectivity index (χ4n) is 3.24. The minimum atomic E-state index is -0.271. The molecule has 0 saturated heterocycles. The number of carbonyl (C=O) groups excluding carboxylic acids is 1. The van der Waals surface area contributed by atoms with Gasteiger partial charge in [-0.05, 0) is 45.7 Å². The van der Waals surface area contributed by atoms with E-state index in [2.05, 4.69) is 15.4 Å². The van der Waals surface area contributed by atoms with Crippen molar-refractivity contribution in [1.29, 1.82) is 0 Å². The van der Waals surface area contributed by atoms with E-state index in [9.17, 15) is 9.59 Å². The molecule has 0 aliphatic carbocycles. The maximum atomic E-state index is 12.9. The van der Waals surface area contributed by atoms with Gasteiger partial charge in [0.2, 0.25) is 5.91 Å². The highest BCUT2D eigenvalue weighted by Gasteiger charge is 2.21. The first-order valence-electron chi connectivity index (χ1n) is 9.55. The monoisotopic (exact) mass is 381 g/mol. The van der Waals surface area contributed by atoms with Crippen LogP contribution in [-0.2, 0) is 23.3 Å². The Morgan fingerprint density at radius 2 is 1.93 bits per heavy atom. The van der Waals surface area contributed by atoms with Gasteiger partial charge in [-0.15, -0.1) is 0 Å². The Morgan fingerprint density at radius 1 is 1.21 bits per heavy atom. The molecule has 0 aliphatic heterocycles. The second kappa shape index (κ2) is 7.58. The lowest BCUT2D eigenvalue weighted by atomic mass is 10.1. The number of amides is 1. The van der Waals surface area contributed by atoms with Crippen molar-refractivity contribution in [3.8, 4) is 0 Å². The number of aryl methyl sites for hydroxylation is 2. The molecule has 0 saturated carbocycles. The average molecular weight is 381 g/mol. The van der Waals surface area contributed by atoms with Crippen molar-refractivity contribution in [3.05, 3.63) is 52.2 Å². The third kappa shape index (κ3) is 3.83. The van der Waals surface area contributed by atoms with E-state index in [1.165, 1.54) is 0 Å². The lowest BCUT2D eigenvalue weighted by Crippen LogP contribution is -2.28. The molecule has 0 fully saturated rings. The van der Waals surface area contributed by atoms with Crippen molar-refractivity contribution in [2.24, 2.45) is 0 Å². The molecule has 1 aromatic carbocycles. The standard InChI is InChI=1S/C21H27N5O2/c1-6-15-9-7-8-10-17(15)24-18(27)11-12-25-14(2)23-19-16(20(25)28)13-22-26(19)21(3,4)5/h7-10,13H,6,11-12H2,1-5H3,(H,24,27). The number of rotatable bonds is 5. The van der Waals surface area contributed by atoms with Crippen molar-refractivity contribution in [2.45, 2.75) is 59.5 Å². The van der Waals surface area contributed by atoms with E-state index >= 15 is 0 Å². The largest absolute Gasteiger partial charge is 0.326 e. The summed E-state index contributed by atoms with van der Waals surface area (Å²) in [5, 5.41) is 7.75. The topological polar surface area (TPSA) is 81.8 Å². The van der Waals surface area contributed by atoms with E-state index in [0.717, 1.165) is 17.7 Å². The molecule has 0 aliphatic rings. The first-order chi connectivity index (χ1) is 13.2. The highest BCUT2D eigenvalue weighted by atomic mass is 16.2. The average Bonchev–Trinajstić information content (AvgIpc) is 3.06. The van der Waals surface area contributed by atoms with Crippen molar-refractivity contribution in [1.82, 2.24) is 19.3 Å². The molecule has 7 nitrogen and oxygen atoms in total. The SMILES string of the molecule is CCc1ccccc1NC(=O)CCn1c(C)nc2c(cnn2C(C)(C)C)c1=O. The second-order valence-electron chi connectivity index (χ2n) is 7.89. The Kier molecular flexibility index (Phi) is 5.36. The van der Waals surface area contributed by atoms with Gasteiger partial charge in [0.1, 0.15) is 11.2 Å². The molecule has 1 N–H and O–H groups in total. The van der Waals surface area contributed by atoms with Crippen LogP contribution in [0.3, 0.4) is 0 Å². The van der Waals surface area contributed by atoms with Crippen LogP contribution in [0, 0.1) is 6.92 Å². The van der Waals surface area contributed by atoms with Gasteiger partial charge in [0, 0.05) is 18.7 Å². The molecule has 0 bridgehead atoms. The van der Waals surface area contributed by atoms with Crippen LogP contribution in [0.2, 0.25) is 0 Å². The summed E-state index contributed by atoms with van der Waals surface area (Å²) >= 11 is 0. The highest BCUT2D eigenvalue weighted by Crippen LogP contribution is 2.19. The zero-order chi connectivity index (χ0) is 20.5. The molecular weight excluding hydrogens is 354 g/mol. The molecule has 0 radical (unpaired) electrons. The Balaban J connectivity index is 1.81. The molecule has 3 aromatic rings. The van der Waals surface area contributed by atoms with Crippen molar-refractivity contribution >= 4 is 22.6 Å². The smallest absolute Gasteiger partial charge is 0.264 e. The number of carbonyl (C=O) groups is 1. The first-order valence-corrected chi connectivity index (χ1v) is 9.55. The molecule has 148 valence electrons. The van der Waals surface area contributed by atoms with E-state index in [-0.39, 0.29) is 30.0 Å². The van der Waals surface area contributed by atoms with Crippen molar-refractivity contribution in [3.63, 3.8) is 0 Å². The molecule has 28 heavy (non-hydrogen) atoms.